The molecule has 0 N–H and O–H groups in total. The van der Waals surface area contributed by atoms with E-state index in [0.717, 1.165) is 35.5 Å². The molecule has 28 heavy (non-hydrogen) atoms. The Balaban J connectivity index is 1.57. The molecule has 0 saturated heterocycles. The quantitative estimate of drug-likeness (QED) is 0.265. The number of carbonyl (C=O) groups excluding carboxylic acids is 1. The Hall–Kier alpha value is -3.10. The Morgan fingerprint density at radius 2 is 1.68 bits per heavy atom. The highest BCUT2D eigenvalue weighted by Crippen LogP contribution is 2.29. The Morgan fingerprint density at radius 1 is 0.964 bits per heavy atom. The van der Waals surface area contributed by atoms with Gasteiger partial charge in [-0.2, -0.15) is 5.26 Å². The molecule has 0 aliphatic heterocycles. The minimum absolute atomic E-state index is 0.409. The molecule has 2 aromatic carbocycles. The molecule has 0 radical (unpaired) electrons. The number of thiophene rings is 1. The van der Waals surface area contributed by atoms with Crippen LogP contribution in [0.25, 0.3) is 10.4 Å². The smallest absolute Gasteiger partial charge is 0.343 e. The van der Waals surface area contributed by atoms with E-state index in [2.05, 4.69) is 13.0 Å². The standard InChI is InChI=1S/C23H21NO3S/c1-2-3-4-15-26-19-9-7-18(8-10-19)23(25)27-20-11-5-17(6-12-20)22-14-13-21(16-24)28-22/h5-14H,2-4,15H2,1H3. The van der Waals surface area contributed by atoms with Crippen molar-refractivity contribution in [2.45, 2.75) is 26.2 Å². The summed E-state index contributed by atoms with van der Waals surface area (Å²) in [5, 5.41) is 8.93. The van der Waals surface area contributed by atoms with Crippen LogP contribution in [0.3, 0.4) is 0 Å². The summed E-state index contributed by atoms with van der Waals surface area (Å²) in [5.41, 5.74) is 1.46. The Morgan fingerprint density at radius 3 is 2.32 bits per heavy atom. The second-order valence-corrected chi connectivity index (χ2v) is 7.35. The molecule has 1 heterocycles. The number of nitrogens with zero attached hydrogens (tertiary/aromatic N) is 1. The van der Waals surface area contributed by atoms with Crippen LogP contribution in [0.4, 0.5) is 0 Å². The number of unbranched alkanes of at least 4 members (excludes halogenated alkanes) is 2. The fourth-order valence-electron chi connectivity index (χ4n) is 2.64. The van der Waals surface area contributed by atoms with Crippen molar-refractivity contribution >= 4 is 17.3 Å². The highest BCUT2D eigenvalue weighted by atomic mass is 32.1. The van der Waals surface area contributed by atoms with Gasteiger partial charge in [-0.15, -0.1) is 11.3 Å². The van der Waals surface area contributed by atoms with E-state index in [0.29, 0.717) is 22.8 Å². The largest absolute Gasteiger partial charge is 0.494 e. The summed E-state index contributed by atoms with van der Waals surface area (Å²) in [5.74, 6) is 0.823. The van der Waals surface area contributed by atoms with Crippen molar-refractivity contribution in [2.75, 3.05) is 6.61 Å². The number of esters is 1. The average Bonchev–Trinajstić information content (AvgIpc) is 3.21. The van der Waals surface area contributed by atoms with Gasteiger partial charge in [0.25, 0.3) is 0 Å². The lowest BCUT2D eigenvalue weighted by Gasteiger charge is -2.08. The van der Waals surface area contributed by atoms with E-state index < -0.39 is 5.97 Å². The maximum Gasteiger partial charge on any atom is 0.343 e. The average molecular weight is 391 g/mol. The van der Waals surface area contributed by atoms with E-state index in [4.69, 9.17) is 14.7 Å². The van der Waals surface area contributed by atoms with Crippen molar-refractivity contribution in [2.24, 2.45) is 0 Å². The molecule has 142 valence electrons. The van der Waals surface area contributed by atoms with Crippen molar-refractivity contribution < 1.29 is 14.3 Å². The fourth-order valence-corrected chi connectivity index (χ4v) is 3.44. The number of hydrogen-bond donors (Lipinski definition) is 0. The third kappa shape index (κ3) is 5.21. The first-order chi connectivity index (χ1) is 13.7. The van der Waals surface area contributed by atoms with Crippen LogP contribution < -0.4 is 9.47 Å². The Bertz CT molecular complexity index is 953. The van der Waals surface area contributed by atoms with Crippen LogP contribution in [0.5, 0.6) is 11.5 Å². The minimum atomic E-state index is -0.409. The SMILES string of the molecule is CCCCCOc1ccc(C(=O)Oc2ccc(-c3ccc(C#N)s3)cc2)cc1. The predicted molar refractivity (Wildman–Crippen MR) is 111 cm³/mol. The van der Waals surface area contributed by atoms with Crippen LogP contribution in [-0.2, 0) is 0 Å². The molecule has 4 nitrogen and oxygen atoms in total. The van der Waals surface area contributed by atoms with Crippen LogP contribution in [0.2, 0.25) is 0 Å². The minimum Gasteiger partial charge on any atom is -0.494 e. The van der Waals surface area contributed by atoms with Gasteiger partial charge in [0.2, 0.25) is 0 Å². The summed E-state index contributed by atoms with van der Waals surface area (Å²) in [4.78, 5) is 14.0. The van der Waals surface area contributed by atoms with Crippen LogP contribution in [0, 0.1) is 11.3 Å². The Kier molecular flexibility index (Phi) is 6.83. The number of benzene rings is 2. The van der Waals surface area contributed by atoms with E-state index in [9.17, 15) is 4.79 Å². The van der Waals surface area contributed by atoms with Gasteiger partial charge in [0.1, 0.15) is 22.4 Å². The lowest BCUT2D eigenvalue weighted by atomic mass is 10.2. The number of hydrogen-bond acceptors (Lipinski definition) is 5. The van der Waals surface area contributed by atoms with Crippen LogP contribution >= 0.6 is 11.3 Å². The van der Waals surface area contributed by atoms with Crippen LogP contribution in [0.15, 0.2) is 60.7 Å². The molecule has 0 bridgehead atoms. The topological polar surface area (TPSA) is 59.3 Å². The van der Waals surface area contributed by atoms with Gasteiger partial charge in [0.05, 0.1) is 12.2 Å². The zero-order valence-electron chi connectivity index (χ0n) is 15.7. The van der Waals surface area contributed by atoms with Crippen molar-refractivity contribution in [1.29, 1.82) is 5.26 Å². The molecule has 0 atom stereocenters. The second kappa shape index (κ2) is 9.72. The van der Waals surface area contributed by atoms with Crippen molar-refractivity contribution in [3.05, 3.63) is 71.1 Å². The van der Waals surface area contributed by atoms with Crippen LogP contribution in [0.1, 0.15) is 41.4 Å². The van der Waals surface area contributed by atoms with Gasteiger partial charge in [-0.05, 0) is 72.6 Å². The molecule has 5 heteroatoms. The van der Waals surface area contributed by atoms with Crippen molar-refractivity contribution in [3.8, 4) is 28.0 Å². The zero-order chi connectivity index (χ0) is 19.8. The zero-order valence-corrected chi connectivity index (χ0v) is 16.5. The first kappa shape index (κ1) is 19.7. The lowest BCUT2D eigenvalue weighted by molar-refractivity contribution is 0.0734. The molecule has 1 aromatic heterocycles. The van der Waals surface area contributed by atoms with E-state index in [1.165, 1.54) is 11.3 Å². The monoisotopic (exact) mass is 391 g/mol. The molecule has 0 aliphatic rings. The van der Waals surface area contributed by atoms with Gasteiger partial charge in [-0.1, -0.05) is 19.8 Å². The summed E-state index contributed by atoms with van der Waals surface area (Å²) in [7, 11) is 0. The van der Waals surface area contributed by atoms with Gasteiger partial charge in [-0.3, -0.25) is 0 Å². The first-order valence-corrected chi connectivity index (χ1v) is 10.1. The molecule has 0 spiro atoms. The third-order valence-corrected chi connectivity index (χ3v) is 5.21. The van der Waals surface area contributed by atoms with Crippen molar-refractivity contribution in [3.63, 3.8) is 0 Å². The molecule has 3 rings (SSSR count). The number of ether oxygens (including phenoxy) is 2. The summed E-state index contributed by atoms with van der Waals surface area (Å²) in [6.07, 6.45) is 3.33. The lowest BCUT2D eigenvalue weighted by Crippen LogP contribution is -2.08. The molecule has 0 aliphatic carbocycles. The molecular formula is C23H21NO3S. The maximum absolute atomic E-state index is 12.3. The van der Waals surface area contributed by atoms with Gasteiger partial charge < -0.3 is 9.47 Å². The molecule has 0 amide bonds. The summed E-state index contributed by atoms with van der Waals surface area (Å²) < 4.78 is 11.1. The summed E-state index contributed by atoms with van der Waals surface area (Å²) >= 11 is 1.43. The van der Waals surface area contributed by atoms with Gasteiger partial charge >= 0.3 is 5.97 Å². The van der Waals surface area contributed by atoms with E-state index >= 15 is 0 Å². The van der Waals surface area contributed by atoms with Gasteiger partial charge in [0, 0.05) is 4.88 Å². The number of nitriles is 1. The number of carbonyl (C=O) groups is 1. The second-order valence-electron chi connectivity index (χ2n) is 6.27. The molecule has 0 fully saturated rings. The number of rotatable bonds is 8. The highest BCUT2D eigenvalue weighted by Gasteiger charge is 2.10. The Labute approximate surface area is 169 Å². The van der Waals surface area contributed by atoms with Gasteiger partial charge in [0.15, 0.2) is 0 Å². The van der Waals surface area contributed by atoms with Crippen molar-refractivity contribution in [1.82, 2.24) is 0 Å². The molecule has 3 aromatic rings. The highest BCUT2D eigenvalue weighted by molar-refractivity contribution is 7.16. The third-order valence-electron chi connectivity index (χ3n) is 4.17. The normalized spacial score (nSPS) is 10.3. The van der Waals surface area contributed by atoms with E-state index in [-0.39, 0.29) is 0 Å². The first-order valence-electron chi connectivity index (χ1n) is 9.25. The molecule has 0 unspecified atom stereocenters. The van der Waals surface area contributed by atoms with Crippen LogP contribution in [-0.4, -0.2) is 12.6 Å². The maximum atomic E-state index is 12.3. The summed E-state index contributed by atoms with van der Waals surface area (Å²) in [6.45, 7) is 2.84. The van der Waals surface area contributed by atoms with E-state index in [1.807, 2.05) is 18.2 Å². The van der Waals surface area contributed by atoms with Gasteiger partial charge in [-0.25, -0.2) is 4.79 Å². The molecular weight excluding hydrogens is 370 g/mol. The predicted octanol–water partition coefficient (Wildman–Crippen LogP) is 6.07. The van der Waals surface area contributed by atoms with E-state index in [1.54, 1.807) is 42.5 Å². The summed E-state index contributed by atoms with van der Waals surface area (Å²) in [6, 6.07) is 20.1. The fraction of sp³-hybridized carbons (Fsp3) is 0.217. The molecule has 0 saturated carbocycles.